The first-order chi connectivity index (χ1) is 13.6. The Hall–Kier alpha value is -2.19. The summed E-state index contributed by atoms with van der Waals surface area (Å²) in [7, 11) is 0. The third kappa shape index (κ3) is 5.42. The van der Waals surface area contributed by atoms with Gasteiger partial charge in [-0.3, -0.25) is 14.5 Å². The van der Waals surface area contributed by atoms with Gasteiger partial charge in [0.05, 0.1) is 26.3 Å². The molecule has 7 nitrogen and oxygen atoms in total. The van der Waals surface area contributed by atoms with Crippen LogP contribution in [0.1, 0.15) is 6.92 Å². The molecular weight excluding hydrogens is 363 g/mol. The van der Waals surface area contributed by atoms with Crippen LogP contribution < -0.4 is 4.90 Å². The molecule has 0 N–H and O–H groups in total. The van der Waals surface area contributed by atoms with Crippen LogP contribution in [0.3, 0.4) is 0 Å². The molecule has 154 valence electrons. The number of morpholine rings is 1. The highest BCUT2D eigenvalue weighted by Gasteiger charge is 2.25. The Morgan fingerprint density at radius 2 is 1.57 bits per heavy atom. The van der Waals surface area contributed by atoms with E-state index in [1.807, 2.05) is 21.6 Å². The number of amides is 2. The maximum atomic E-state index is 13.1. The molecule has 2 amide bonds. The highest BCUT2D eigenvalue weighted by molar-refractivity contribution is 5.82. The Morgan fingerprint density at radius 3 is 2.18 bits per heavy atom. The van der Waals surface area contributed by atoms with E-state index in [0.717, 1.165) is 5.69 Å². The molecule has 0 aliphatic carbocycles. The minimum absolute atomic E-state index is 0.0605. The molecule has 28 heavy (non-hydrogen) atoms. The zero-order chi connectivity index (χ0) is 19.9. The van der Waals surface area contributed by atoms with E-state index in [4.69, 9.17) is 4.74 Å². The number of piperazine rings is 1. The molecule has 8 heteroatoms. The number of halogens is 1. The number of carbonyl (C=O) groups excluding carboxylic acids is 2. The molecule has 0 radical (unpaired) electrons. The predicted octanol–water partition coefficient (Wildman–Crippen LogP) is 0.655. The van der Waals surface area contributed by atoms with Gasteiger partial charge in [-0.25, -0.2) is 4.39 Å². The van der Waals surface area contributed by atoms with Gasteiger partial charge in [-0.2, -0.15) is 0 Å². The van der Waals surface area contributed by atoms with Gasteiger partial charge in [0, 0.05) is 51.5 Å². The number of carbonyl (C=O) groups is 2. The van der Waals surface area contributed by atoms with Crippen molar-refractivity contribution >= 4 is 17.5 Å². The smallest absolute Gasteiger partial charge is 0.242 e. The van der Waals surface area contributed by atoms with Gasteiger partial charge in [0.2, 0.25) is 11.8 Å². The van der Waals surface area contributed by atoms with Gasteiger partial charge >= 0.3 is 0 Å². The average Bonchev–Trinajstić information content (AvgIpc) is 2.73. The summed E-state index contributed by atoms with van der Waals surface area (Å²) in [4.78, 5) is 32.8. The van der Waals surface area contributed by atoms with Crippen molar-refractivity contribution in [3.8, 4) is 0 Å². The molecule has 0 spiro atoms. The van der Waals surface area contributed by atoms with Gasteiger partial charge in [-0.15, -0.1) is 0 Å². The van der Waals surface area contributed by atoms with Crippen LogP contribution in [0.4, 0.5) is 10.1 Å². The lowest BCUT2D eigenvalue weighted by Gasteiger charge is -2.37. The van der Waals surface area contributed by atoms with Gasteiger partial charge in [-0.05, 0) is 31.2 Å². The highest BCUT2D eigenvalue weighted by atomic mass is 19.1. The first-order valence-electron chi connectivity index (χ1n) is 9.93. The van der Waals surface area contributed by atoms with E-state index in [-0.39, 0.29) is 24.2 Å². The van der Waals surface area contributed by atoms with Crippen molar-refractivity contribution in [1.82, 2.24) is 14.7 Å². The lowest BCUT2D eigenvalue weighted by Crippen LogP contribution is -2.54. The quantitative estimate of drug-likeness (QED) is 0.712. The molecule has 0 unspecified atom stereocenters. The SMILES string of the molecule is CCN(CC(=O)N1CCN(CC(=O)N2CCOCC2)CC1)c1ccc(F)cc1. The van der Waals surface area contributed by atoms with Crippen molar-refractivity contribution in [2.24, 2.45) is 0 Å². The Bertz CT molecular complexity index is 656. The zero-order valence-corrected chi connectivity index (χ0v) is 16.5. The maximum absolute atomic E-state index is 13.1. The summed E-state index contributed by atoms with van der Waals surface area (Å²) >= 11 is 0. The molecule has 0 bridgehead atoms. The topological polar surface area (TPSA) is 56.3 Å². The summed E-state index contributed by atoms with van der Waals surface area (Å²) in [6, 6.07) is 6.21. The Balaban J connectivity index is 1.45. The van der Waals surface area contributed by atoms with Crippen molar-refractivity contribution in [2.75, 3.05) is 77.0 Å². The average molecular weight is 392 g/mol. The van der Waals surface area contributed by atoms with E-state index >= 15 is 0 Å². The molecule has 1 aromatic rings. The minimum Gasteiger partial charge on any atom is -0.378 e. The maximum Gasteiger partial charge on any atom is 0.242 e. The number of likely N-dealkylation sites (N-methyl/N-ethyl adjacent to an activating group) is 1. The fraction of sp³-hybridized carbons (Fsp3) is 0.600. The largest absolute Gasteiger partial charge is 0.378 e. The van der Waals surface area contributed by atoms with Crippen molar-refractivity contribution in [3.05, 3.63) is 30.1 Å². The van der Waals surface area contributed by atoms with Crippen LogP contribution in [0.25, 0.3) is 0 Å². The summed E-state index contributed by atoms with van der Waals surface area (Å²) in [6.07, 6.45) is 0. The first-order valence-corrected chi connectivity index (χ1v) is 9.93. The normalized spacial score (nSPS) is 18.2. The van der Waals surface area contributed by atoms with Crippen molar-refractivity contribution in [1.29, 1.82) is 0 Å². The van der Waals surface area contributed by atoms with Crippen LogP contribution in [-0.4, -0.2) is 98.6 Å². The monoisotopic (exact) mass is 392 g/mol. The van der Waals surface area contributed by atoms with Gasteiger partial charge in [-0.1, -0.05) is 0 Å². The Kier molecular flexibility index (Phi) is 7.22. The second-order valence-corrected chi connectivity index (χ2v) is 7.14. The summed E-state index contributed by atoms with van der Waals surface area (Å²) in [5, 5.41) is 0. The number of nitrogens with zero attached hydrogens (tertiary/aromatic N) is 4. The molecule has 1 aromatic carbocycles. The second-order valence-electron chi connectivity index (χ2n) is 7.14. The highest BCUT2D eigenvalue weighted by Crippen LogP contribution is 2.15. The lowest BCUT2D eigenvalue weighted by molar-refractivity contribution is -0.137. The number of benzene rings is 1. The van der Waals surface area contributed by atoms with Crippen LogP contribution >= 0.6 is 0 Å². The second kappa shape index (κ2) is 9.84. The zero-order valence-electron chi connectivity index (χ0n) is 16.5. The standard InChI is InChI=1S/C20H29FN4O3/c1-2-23(18-5-3-17(21)4-6-18)16-20(27)24-9-7-22(8-10-24)15-19(26)25-11-13-28-14-12-25/h3-6H,2,7-16H2,1H3. The van der Waals surface area contributed by atoms with E-state index in [1.54, 1.807) is 12.1 Å². The summed E-state index contributed by atoms with van der Waals surface area (Å²) < 4.78 is 18.4. The number of hydrogen-bond donors (Lipinski definition) is 0. The van der Waals surface area contributed by atoms with Gasteiger partial charge < -0.3 is 19.4 Å². The van der Waals surface area contributed by atoms with Crippen LogP contribution in [-0.2, 0) is 14.3 Å². The number of ether oxygens (including phenoxy) is 1. The van der Waals surface area contributed by atoms with E-state index < -0.39 is 0 Å². The summed E-state index contributed by atoms with van der Waals surface area (Å²) in [6.45, 7) is 8.50. The van der Waals surface area contributed by atoms with Gasteiger partial charge in [0.1, 0.15) is 5.82 Å². The molecule has 3 rings (SSSR count). The molecule has 2 aliphatic rings. The van der Waals surface area contributed by atoms with Crippen LogP contribution in [0.15, 0.2) is 24.3 Å². The van der Waals surface area contributed by atoms with E-state index in [0.29, 0.717) is 65.6 Å². The molecule has 2 heterocycles. The fourth-order valence-corrected chi connectivity index (χ4v) is 3.56. The molecular formula is C20H29FN4O3. The van der Waals surface area contributed by atoms with E-state index in [1.165, 1.54) is 12.1 Å². The molecule has 0 saturated carbocycles. The van der Waals surface area contributed by atoms with Crippen molar-refractivity contribution in [2.45, 2.75) is 6.92 Å². The molecule has 2 saturated heterocycles. The van der Waals surface area contributed by atoms with Crippen molar-refractivity contribution in [3.63, 3.8) is 0 Å². The van der Waals surface area contributed by atoms with Crippen LogP contribution in [0, 0.1) is 5.82 Å². The third-order valence-electron chi connectivity index (χ3n) is 5.35. The number of rotatable bonds is 6. The molecule has 2 aliphatic heterocycles. The fourth-order valence-electron chi connectivity index (χ4n) is 3.56. The Labute approximate surface area is 165 Å². The van der Waals surface area contributed by atoms with Crippen LogP contribution in [0.2, 0.25) is 0 Å². The number of anilines is 1. The molecule has 0 aromatic heterocycles. The van der Waals surface area contributed by atoms with Gasteiger partial charge in [0.25, 0.3) is 0 Å². The predicted molar refractivity (Wildman–Crippen MR) is 105 cm³/mol. The summed E-state index contributed by atoms with van der Waals surface area (Å²) in [5.41, 5.74) is 0.840. The minimum atomic E-state index is -0.283. The molecule has 2 fully saturated rings. The first kappa shape index (κ1) is 20.5. The van der Waals surface area contributed by atoms with E-state index in [9.17, 15) is 14.0 Å². The summed E-state index contributed by atoms with van der Waals surface area (Å²) in [5.74, 6) is -0.0873. The van der Waals surface area contributed by atoms with E-state index in [2.05, 4.69) is 4.90 Å². The van der Waals surface area contributed by atoms with Crippen molar-refractivity contribution < 1.29 is 18.7 Å². The van der Waals surface area contributed by atoms with Crippen LogP contribution in [0.5, 0.6) is 0 Å². The molecule has 0 atom stereocenters. The third-order valence-corrected chi connectivity index (χ3v) is 5.35. The lowest BCUT2D eigenvalue weighted by atomic mass is 10.2. The Morgan fingerprint density at radius 1 is 0.964 bits per heavy atom. The van der Waals surface area contributed by atoms with Gasteiger partial charge in [0.15, 0.2) is 0 Å². The number of hydrogen-bond acceptors (Lipinski definition) is 5.